The average molecular weight is 254 g/mol. The number of hydrogen-bond donors (Lipinski definition) is 1. The largest absolute Gasteiger partial charge is 0.310 e. The average Bonchev–Trinajstić information content (AvgIpc) is 2.62. The Hall–Kier alpha value is -0.380. The normalized spacial score (nSPS) is 13.6. The number of thiophene rings is 1. The lowest BCUT2D eigenvalue weighted by atomic mass is 10.0. The van der Waals surface area contributed by atoms with Gasteiger partial charge in [0.25, 0.3) is 0 Å². The molecular weight excluding hydrogens is 228 g/mol. The van der Waals surface area contributed by atoms with Crippen LogP contribution >= 0.6 is 11.3 Å². The third-order valence-corrected chi connectivity index (χ3v) is 4.13. The molecular formula is C14H26N2S. The van der Waals surface area contributed by atoms with Crippen LogP contribution in [-0.2, 0) is 6.54 Å². The van der Waals surface area contributed by atoms with Crippen molar-refractivity contribution in [2.45, 2.75) is 39.8 Å². The quantitative estimate of drug-likeness (QED) is 0.804. The van der Waals surface area contributed by atoms with Gasteiger partial charge in [-0.1, -0.05) is 13.8 Å². The summed E-state index contributed by atoms with van der Waals surface area (Å²) in [4.78, 5) is 3.79. The van der Waals surface area contributed by atoms with Crippen LogP contribution < -0.4 is 5.32 Å². The van der Waals surface area contributed by atoms with Crippen molar-refractivity contribution < 1.29 is 0 Å². The van der Waals surface area contributed by atoms with Gasteiger partial charge in [-0.15, -0.1) is 11.3 Å². The molecule has 0 aliphatic heterocycles. The predicted molar refractivity (Wildman–Crippen MR) is 77.7 cm³/mol. The van der Waals surface area contributed by atoms with Gasteiger partial charge < -0.3 is 10.2 Å². The second-order valence-electron chi connectivity index (χ2n) is 5.40. The molecule has 0 fully saturated rings. The minimum atomic E-state index is 0.635. The zero-order chi connectivity index (χ0) is 12.8. The molecule has 17 heavy (non-hydrogen) atoms. The van der Waals surface area contributed by atoms with Crippen molar-refractivity contribution in [2.24, 2.45) is 5.92 Å². The first-order valence-electron chi connectivity index (χ1n) is 6.40. The molecule has 0 saturated carbocycles. The minimum absolute atomic E-state index is 0.635. The van der Waals surface area contributed by atoms with Crippen molar-refractivity contribution in [1.82, 2.24) is 10.2 Å². The van der Waals surface area contributed by atoms with E-state index in [9.17, 15) is 0 Å². The molecule has 3 heteroatoms. The number of hydrogen-bond acceptors (Lipinski definition) is 3. The summed E-state index contributed by atoms with van der Waals surface area (Å²) in [5.41, 5.74) is 1.41. The molecule has 1 heterocycles. The summed E-state index contributed by atoms with van der Waals surface area (Å²) >= 11 is 1.85. The van der Waals surface area contributed by atoms with Crippen molar-refractivity contribution in [3.8, 4) is 0 Å². The fourth-order valence-corrected chi connectivity index (χ4v) is 2.83. The van der Waals surface area contributed by atoms with Crippen LogP contribution in [-0.4, -0.2) is 31.6 Å². The maximum Gasteiger partial charge on any atom is 0.0303 e. The van der Waals surface area contributed by atoms with E-state index in [1.165, 1.54) is 16.9 Å². The predicted octanol–water partition coefficient (Wildman–Crippen LogP) is 3.12. The third kappa shape index (κ3) is 5.19. The highest BCUT2D eigenvalue weighted by atomic mass is 32.1. The molecule has 1 unspecified atom stereocenters. The van der Waals surface area contributed by atoms with Crippen LogP contribution in [0.1, 0.15) is 30.7 Å². The molecule has 1 aromatic heterocycles. The van der Waals surface area contributed by atoms with Crippen molar-refractivity contribution in [1.29, 1.82) is 0 Å². The number of rotatable bonds is 7. The van der Waals surface area contributed by atoms with Gasteiger partial charge in [0, 0.05) is 24.0 Å². The van der Waals surface area contributed by atoms with Crippen LogP contribution in [0.15, 0.2) is 11.4 Å². The van der Waals surface area contributed by atoms with E-state index in [0.717, 1.165) is 19.0 Å². The van der Waals surface area contributed by atoms with Gasteiger partial charge in [0.2, 0.25) is 0 Å². The molecule has 0 spiro atoms. The fourth-order valence-electron chi connectivity index (χ4n) is 1.96. The lowest BCUT2D eigenvalue weighted by Gasteiger charge is -2.26. The summed E-state index contributed by atoms with van der Waals surface area (Å²) in [5.74, 6) is 0.757. The molecule has 1 N–H and O–H groups in total. The summed E-state index contributed by atoms with van der Waals surface area (Å²) in [6.45, 7) is 8.85. The van der Waals surface area contributed by atoms with Crippen molar-refractivity contribution in [3.05, 3.63) is 21.9 Å². The van der Waals surface area contributed by atoms with Crippen molar-refractivity contribution in [2.75, 3.05) is 20.6 Å². The molecule has 1 aromatic rings. The Kier molecular flexibility index (Phi) is 6.17. The maximum atomic E-state index is 3.58. The Bertz CT molecular complexity index is 318. The molecule has 0 aliphatic rings. The van der Waals surface area contributed by atoms with E-state index in [2.05, 4.69) is 56.5 Å². The summed E-state index contributed by atoms with van der Waals surface area (Å²) in [5, 5.41) is 5.75. The minimum Gasteiger partial charge on any atom is -0.310 e. The highest BCUT2D eigenvalue weighted by Crippen LogP contribution is 2.15. The Morgan fingerprint density at radius 3 is 2.53 bits per heavy atom. The van der Waals surface area contributed by atoms with Gasteiger partial charge in [-0.3, -0.25) is 0 Å². The van der Waals surface area contributed by atoms with E-state index in [-0.39, 0.29) is 0 Å². The monoisotopic (exact) mass is 254 g/mol. The lowest BCUT2D eigenvalue weighted by Crippen LogP contribution is -2.38. The van der Waals surface area contributed by atoms with Gasteiger partial charge in [-0.25, -0.2) is 0 Å². The maximum absolute atomic E-state index is 3.58. The van der Waals surface area contributed by atoms with E-state index in [4.69, 9.17) is 0 Å². The Morgan fingerprint density at radius 1 is 1.35 bits per heavy atom. The van der Waals surface area contributed by atoms with E-state index in [0.29, 0.717) is 6.04 Å². The first kappa shape index (κ1) is 14.7. The highest BCUT2D eigenvalue weighted by molar-refractivity contribution is 7.10. The molecule has 0 saturated heterocycles. The Morgan fingerprint density at radius 2 is 2.06 bits per heavy atom. The van der Waals surface area contributed by atoms with Crippen LogP contribution in [0.2, 0.25) is 0 Å². The second-order valence-corrected chi connectivity index (χ2v) is 6.41. The topological polar surface area (TPSA) is 15.3 Å². The van der Waals surface area contributed by atoms with E-state index in [1.807, 2.05) is 11.3 Å². The number of nitrogens with zero attached hydrogens (tertiary/aromatic N) is 1. The second kappa shape index (κ2) is 7.14. The fraction of sp³-hybridized carbons (Fsp3) is 0.714. The number of nitrogens with one attached hydrogen (secondary N) is 1. The van der Waals surface area contributed by atoms with Crippen LogP contribution in [0, 0.1) is 12.8 Å². The van der Waals surface area contributed by atoms with Crippen LogP contribution in [0.4, 0.5) is 0 Å². The molecule has 0 amide bonds. The molecule has 1 rings (SSSR count). The molecule has 1 atom stereocenters. The number of aryl methyl sites for hydroxylation is 1. The highest BCUT2D eigenvalue weighted by Gasteiger charge is 2.12. The summed E-state index contributed by atoms with van der Waals surface area (Å²) in [6.07, 6.45) is 1.25. The van der Waals surface area contributed by atoms with Crippen LogP contribution in [0.3, 0.4) is 0 Å². The Balaban J connectivity index is 2.34. The zero-order valence-corrected chi connectivity index (χ0v) is 12.6. The zero-order valence-electron chi connectivity index (χ0n) is 11.8. The molecule has 0 bridgehead atoms. The van der Waals surface area contributed by atoms with Gasteiger partial charge in [-0.2, -0.15) is 0 Å². The van der Waals surface area contributed by atoms with Gasteiger partial charge in [0.1, 0.15) is 0 Å². The van der Waals surface area contributed by atoms with Crippen LogP contribution in [0.25, 0.3) is 0 Å². The smallest absolute Gasteiger partial charge is 0.0303 e. The summed E-state index contributed by atoms with van der Waals surface area (Å²) < 4.78 is 0. The first-order chi connectivity index (χ1) is 8.00. The SMILES string of the molecule is Cc1ccsc1CNCC(CC(C)C)N(C)C. The molecule has 2 nitrogen and oxygen atoms in total. The Labute approximate surface area is 110 Å². The molecule has 0 radical (unpaired) electrons. The van der Waals surface area contributed by atoms with Crippen molar-refractivity contribution in [3.63, 3.8) is 0 Å². The number of likely N-dealkylation sites (N-methyl/N-ethyl adjacent to an activating group) is 1. The van der Waals surface area contributed by atoms with E-state index < -0.39 is 0 Å². The van der Waals surface area contributed by atoms with Gasteiger partial charge in [-0.05, 0) is 50.4 Å². The standard InChI is InChI=1S/C14H26N2S/c1-11(2)8-13(16(4)5)9-15-10-14-12(3)6-7-17-14/h6-7,11,13,15H,8-10H2,1-5H3. The van der Waals surface area contributed by atoms with Crippen molar-refractivity contribution >= 4 is 11.3 Å². The third-order valence-electron chi connectivity index (χ3n) is 3.11. The lowest BCUT2D eigenvalue weighted by molar-refractivity contribution is 0.247. The van der Waals surface area contributed by atoms with Gasteiger partial charge in [0.05, 0.1) is 0 Å². The van der Waals surface area contributed by atoms with E-state index in [1.54, 1.807) is 0 Å². The van der Waals surface area contributed by atoms with Gasteiger partial charge in [0.15, 0.2) is 0 Å². The van der Waals surface area contributed by atoms with E-state index >= 15 is 0 Å². The van der Waals surface area contributed by atoms with Gasteiger partial charge >= 0.3 is 0 Å². The summed E-state index contributed by atoms with van der Waals surface area (Å²) in [6, 6.07) is 2.83. The molecule has 0 aromatic carbocycles. The first-order valence-corrected chi connectivity index (χ1v) is 7.28. The summed E-state index contributed by atoms with van der Waals surface area (Å²) in [7, 11) is 4.34. The van der Waals surface area contributed by atoms with Crippen LogP contribution in [0.5, 0.6) is 0 Å². The molecule has 98 valence electrons. The molecule has 0 aliphatic carbocycles.